The monoisotopic (exact) mass is 278 g/mol. The normalized spacial score (nSPS) is 10.5. The third-order valence-corrected chi connectivity index (χ3v) is 3.43. The fourth-order valence-corrected chi connectivity index (χ4v) is 2.59. The van der Waals surface area contributed by atoms with Crippen LogP contribution < -0.4 is 10.1 Å². The van der Waals surface area contributed by atoms with Gasteiger partial charge in [-0.15, -0.1) is 11.3 Å². The Balaban J connectivity index is 2.35. The average Bonchev–Trinajstić information content (AvgIpc) is 2.65. The summed E-state index contributed by atoms with van der Waals surface area (Å²) in [5.41, 5.74) is 1.34. The highest BCUT2D eigenvalue weighted by molar-refractivity contribution is 7.18. The number of benzene rings is 1. The second-order valence-electron chi connectivity index (χ2n) is 4.18. The van der Waals surface area contributed by atoms with Gasteiger partial charge in [0.15, 0.2) is 0 Å². The van der Waals surface area contributed by atoms with Gasteiger partial charge in [0.2, 0.25) is 5.91 Å². The first-order chi connectivity index (χ1) is 8.99. The first-order valence-electron chi connectivity index (χ1n) is 5.74. The summed E-state index contributed by atoms with van der Waals surface area (Å²) >= 11 is 1.56. The molecule has 1 aromatic heterocycles. The molecule has 0 unspecified atom stereocenters. The van der Waals surface area contributed by atoms with Crippen molar-refractivity contribution in [2.24, 2.45) is 0 Å². The highest BCUT2D eigenvalue weighted by Gasteiger charge is 2.12. The fourth-order valence-electron chi connectivity index (χ4n) is 1.76. The third kappa shape index (κ3) is 3.08. The molecule has 2 rings (SSSR count). The average molecular weight is 278 g/mol. The molecule has 100 valence electrons. The van der Waals surface area contributed by atoms with Crippen molar-refractivity contribution in [3.05, 3.63) is 17.1 Å². The molecule has 6 heteroatoms. The van der Waals surface area contributed by atoms with Gasteiger partial charge in [-0.25, -0.2) is 4.98 Å². The number of aryl methyl sites for hydroxylation is 1. The molecule has 0 aliphatic carbocycles. The van der Waals surface area contributed by atoms with Crippen molar-refractivity contribution in [1.29, 1.82) is 0 Å². The molecule has 0 radical (unpaired) electrons. The Bertz CT molecular complexity index is 649. The number of hydrogen-bond acceptors (Lipinski definition) is 5. The zero-order valence-corrected chi connectivity index (χ0v) is 11.8. The summed E-state index contributed by atoms with van der Waals surface area (Å²) in [6, 6.07) is 3.60. The quantitative estimate of drug-likeness (QED) is 0.873. The molecule has 1 heterocycles. The van der Waals surface area contributed by atoms with E-state index in [0.29, 0.717) is 11.4 Å². The lowest BCUT2D eigenvalue weighted by Crippen LogP contribution is -2.15. The number of rotatable bonds is 4. The summed E-state index contributed by atoms with van der Waals surface area (Å²) in [7, 11) is 1.54. The van der Waals surface area contributed by atoms with Crippen LogP contribution in [0.1, 0.15) is 18.4 Å². The number of aromatic nitrogens is 1. The minimum atomic E-state index is -0.350. The number of ether oxygens (including phenoxy) is 1. The van der Waals surface area contributed by atoms with E-state index in [1.165, 1.54) is 14.0 Å². The van der Waals surface area contributed by atoms with Crippen molar-refractivity contribution in [1.82, 2.24) is 4.98 Å². The second kappa shape index (κ2) is 5.36. The predicted molar refractivity (Wildman–Crippen MR) is 74.8 cm³/mol. The fraction of sp³-hybridized carbons (Fsp3) is 0.308. The van der Waals surface area contributed by atoms with E-state index in [-0.39, 0.29) is 18.1 Å². The van der Waals surface area contributed by atoms with Crippen LogP contribution in [0.2, 0.25) is 0 Å². The van der Waals surface area contributed by atoms with Crippen LogP contribution >= 0.6 is 11.3 Å². The molecule has 0 fully saturated rings. The van der Waals surface area contributed by atoms with Gasteiger partial charge in [-0.05, 0) is 19.9 Å². The van der Waals surface area contributed by atoms with Gasteiger partial charge < -0.3 is 10.1 Å². The Kier molecular flexibility index (Phi) is 3.80. The topological polar surface area (TPSA) is 68.3 Å². The summed E-state index contributed by atoms with van der Waals surface area (Å²) in [4.78, 5) is 26.9. The summed E-state index contributed by atoms with van der Waals surface area (Å²) in [5, 5.41) is 3.62. The summed E-state index contributed by atoms with van der Waals surface area (Å²) in [6.07, 6.45) is -0.142. The van der Waals surface area contributed by atoms with E-state index in [2.05, 4.69) is 10.3 Å². The summed E-state index contributed by atoms with van der Waals surface area (Å²) < 4.78 is 6.25. The standard InChI is InChI=1S/C13H14N2O3S/c1-7(16)4-13(17)15-9-5-10-12(6-11(9)18-3)19-8(2)14-10/h5-6H,4H2,1-3H3,(H,15,17). The van der Waals surface area contributed by atoms with Crippen LogP contribution in [-0.2, 0) is 9.59 Å². The van der Waals surface area contributed by atoms with E-state index in [0.717, 1.165) is 15.2 Å². The molecule has 0 saturated heterocycles. The number of hydrogen-bond donors (Lipinski definition) is 1. The van der Waals surface area contributed by atoms with Gasteiger partial charge in [-0.3, -0.25) is 9.59 Å². The highest BCUT2D eigenvalue weighted by Crippen LogP contribution is 2.33. The number of nitrogens with zero attached hydrogens (tertiary/aromatic N) is 1. The van der Waals surface area contributed by atoms with Crippen molar-refractivity contribution in [3.63, 3.8) is 0 Å². The van der Waals surface area contributed by atoms with E-state index in [4.69, 9.17) is 4.74 Å². The molecule has 19 heavy (non-hydrogen) atoms. The lowest BCUT2D eigenvalue weighted by atomic mass is 10.2. The molecule has 0 spiro atoms. The minimum absolute atomic E-state index is 0.142. The van der Waals surface area contributed by atoms with Crippen molar-refractivity contribution < 1.29 is 14.3 Å². The number of ketones is 1. The van der Waals surface area contributed by atoms with E-state index in [1.807, 2.05) is 13.0 Å². The third-order valence-electron chi connectivity index (χ3n) is 2.50. The van der Waals surface area contributed by atoms with Crippen molar-refractivity contribution in [2.45, 2.75) is 20.3 Å². The molecule has 1 amide bonds. The van der Waals surface area contributed by atoms with Crippen LogP contribution in [0.15, 0.2) is 12.1 Å². The Morgan fingerprint density at radius 1 is 1.42 bits per heavy atom. The molecule has 5 nitrogen and oxygen atoms in total. The van der Waals surface area contributed by atoms with Gasteiger partial charge in [-0.2, -0.15) is 0 Å². The van der Waals surface area contributed by atoms with Gasteiger partial charge in [-0.1, -0.05) is 0 Å². The maximum atomic E-state index is 11.6. The Labute approximate surface area is 114 Å². The van der Waals surface area contributed by atoms with Gasteiger partial charge in [0.25, 0.3) is 0 Å². The van der Waals surface area contributed by atoms with Crippen LogP contribution in [0.3, 0.4) is 0 Å². The van der Waals surface area contributed by atoms with Gasteiger partial charge in [0.1, 0.15) is 11.5 Å². The van der Waals surface area contributed by atoms with E-state index in [1.54, 1.807) is 17.4 Å². The maximum Gasteiger partial charge on any atom is 0.231 e. The number of carbonyl (C=O) groups excluding carboxylic acids is 2. The number of nitrogens with one attached hydrogen (secondary N) is 1. The lowest BCUT2D eigenvalue weighted by Gasteiger charge is -2.09. The number of anilines is 1. The van der Waals surface area contributed by atoms with Crippen LogP contribution in [0.4, 0.5) is 5.69 Å². The zero-order valence-electron chi connectivity index (χ0n) is 10.9. The van der Waals surface area contributed by atoms with Crippen LogP contribution in [0.25, 0.3) is 10.2 Å². The first kappa shape index (κ1) is 13.5. The SMILES string of the molecule is COc1cc2sc(C)nc2cc1NC(=O)CC(C)=O. The zero-order chi connectivity index (χ0) is 14.0. The second-order valence-corrected chi connectivity index (χ2v) is 5.41. The highest BCUT2D eigenvalue weighted by atomic mass is 32.1. The van der Waals surface area contributed by atoms with Crippen molar-refractivity contribution in [2.75, 3.05) is 12.4 Å². The lowest BCUT2D eigenvalue weighted by molar-refractivity contribution is -0.124. The molecule has 1 aromatic carbocycles. The van der Waals surface area contributed by atoms with Gasteiger partial charge >= 0.3 is 0 Å². The first-order valence-corrected chi connectivity index (χ1v) is 6.55. The molecule has 0 bridgehead atoms. The largest absolute Gasteiger partial charge is 0.495 e. The molecule has 0 atom stereocenters. The molecular weight excluding hydrogens is 264 g/mol. The number of methoxy groups -OCH3 is 1. The molecule has 0 saturated carbocycles. The Hall–Kier alpha value is -1.95. The van der Waals surface area contributed by atoms with Crippen LogP contribution in [0.5, 0.6) is 5.75 Å². The van der Waals surface area contributed by atoms with E-state index in [9.17, 15) is 9.59 Å². The van der Waals surface area contributed by atoms with Crippen LogP contribution in [-0.4, -0.2) is 23.8 Å². The van der Waals surface area contributed by atoms with E-state index >= 15 is 0 Å². The molecular formula is C13H14N2O3S. The number of thiazole rings is 1. The number of Topliss-reactive ketones (excluding diaryl/α,β-unsaturated/α-hetero) is 1. The van der Waals surface area contributed by atoms with Gasteiger partial charge in [0.05, 0.1) is 34.4 Å². The number of carbonyl (C=O) groups is 2. The summed E-state index contributed by atoms with van der Waals surface area (Å²) in [5.74, 6) is 0.0344. The number of amides is 1. The van der Waals surface area contributed by atoms with Gasteiger partial charge in [0, 0.05) is 6.07 Å². The molecule has 0 aliphatic rings. The minimum Gasteiger partial charge on any atom is -0.495 e. The predicted octanol–water partition coefficient (Wildman–Crippen LogP) is 2.53. The Morgan fingerprint density at radius 3 is 2.79 bits per heavy atom. The van der Waals surface area contributed by atoms with Crippen molar-refractivity contribution in [3.8, 4) is 5.75 Å². The van der Waals surface area contributed by atoms with E-state index < -0.39 is 0 Å². The Morgan fingerprint density at radius 2 is 2.16 bits per heavy atom. The van der Waals surface area contributed by atoms with Crippen LogP contribution in [0, 0.1) is 6.92 Å². The summed E-state index contributed by atoms with van der Waals surface area (Å²) in [6.45, 7) is 3.30. The van der Waals surface area contributed by atoms with Crippen molar-refractivity contribution >= 4 is 38.9 Å². The maximum absolute atomic E-state index is 11.6. The smallest absolute Gasteiger partial charge is 0.231 e. The molecule has 0 aliphatic heterocycles. The number of fused-ring (bicyclic) bond motifs is 1. The molecule has 2 aromatic rings. The molecule has 1 N–H and O–H groups in total.